The first-order valence-corrected chi connectivity index (χ1v) is 6.03. The van der Waals surface area contributed by atoms with Crippen molar-refractivity contribution in [3.05, 3.63) is 24.3 Å². The highest BCUT2D eigenvalue weighted by atomic mass is 32.1. The highest BCUT2D eigenvalue weighted by Gasteiger charge is 2.17. The van der Waals surface area contributed by atoms with E-state index in [0.29, 0.717) is 6.61 Å². The van der Waals surface area contributed by atoms with Crippen molar-refractivity contribution in [3.8, 4) is 0 Å². The molecule has 3 aromatic rings. The van der Waals surface area contributed by atoms with Gasteiger partial charge < -0.3 is 4.74 Å². The third-order valence-corrected chi connectivity index (χ3v) is 3.47. The number of carbonyl (C=O) groups is 1. The lowest BCUT2D eigenvalue weighted by molar-refractivity contribution is 0.151. The fraction of sp³-hybridized carbons (Fsp3) is 0.182. The van der Waals surface area contributed by atoms with Crippen LogP contribution < -0.4 is 0 Å². The summed E-state index contributed by atoms with van der Waals surface area (Å²) in [6, 6.07) is 7.83. The van der Waals surface area contributed by atoms with Gasteiger partial charge in [0.05, 0.1) is 6.61 Å². The number of carbonyl (C=O) groups excluding carboxylic acids is 1. The molecule has 2 aromatic heterocycles. The van der Waals surface area contributed by atoms with E-state index >= 15 is 0 Å². The van der Waals surface area contributed by atoms with E-state index in [9.17, 15) is 4.79 Å². The molecule has 0 saturated heterocycles. The molecule has 0 unspecified atom stereocenters. The van der Waals surface area contributed by atoms with Crippen LogP contribution in [0, 0.1) is 0 Å². The van der Waals surface area contributed by atoms with Crippen LogP contribution in [-0.2, 0) is 4.74 Å². The Labute approximate surface area is 101 Å². The number of benzene rings is 1. The van der Waals surface area contributed by atoms with Gasteiger partial charge >= 0.3 is 6.09 Å². The second-order valence-corrected chi connectivity index (χ2v) is 4.48. The van der Waals surface area contributed by atoms with Gasteiger partial charge in [0.15, 0.2) is 4.83 Å². The summed E-state index contributed by atoms with van der Waals surface area (Å²) in [5.74, 6) is 0. The number of hydrogen-bond acceptors (Lipinski definition) is 5. The number of thiophene rings is 1. The van der Waals surface area contributed by atoms with Gasteiger partial charge in [0.2, 0.25) is 0 Å². The molecule has 86 valence electrons. The zero-order valence-corrected chi connectivity index (χ0v) is 9.90. The van der Waals surface area contributed by atoms with Crippen LogP contribution in [0.5, 0.6) is 0 Å². The van der Waals surface area contributed by atoms with Crippen LogP contribution in [-0.4, -0.2) is 27.7 Å². The summed E-state index contributed by atoms with van der Waals surface area (Å²) in [5, 5.41) is 8.79. The Bertz CT molecular complexity index is 701. The van der Waals surface area contributed by atoms with Crippen LogP contribution in [0.3, 0.4) is 0 Å². The number of nitrogens with zero attached hydrogens (tertiary/aromatic N) is 3. The van der Waals surface area contributed by atoms with Crippen molar-refractivity contribution in [3.63, 3.8) is 0 Å². The SMILES string of the molecule is CCOC(=O)n1nnc2sc3ccccc3c21. The predicted octanol–water partition coefficient (Wildman–Crippen LogP) is 2.65. The molecule has 0 spiro atoms. The van der Waals surface area contributed by atoms with Gasteiger partial charge in [-0.2, -0.15) is 0 Å². The van der Waals surface area contributed by atoms with Crippen molar-refractivity contribution in [1.82, 2.24) is 15.0 Å². The summed E-state index contributed by atoms with van der Waals surface area (Å²) in [5.41, 5.74) is 0.726. The number of hydrogen-bond donors (Lipinski definition) is 0. The van der Waals surface area contributed by atoms with Crippen LogP contribution in [0.25, 0.3) is 20.4 Å². The van der Waals surface area contributed by atoms with Gasteiger partial charge in [-0.1, -0.05) is 23.4 Å². The molecule has 0 fully saturated rings. The van der Waals surface area contributed by atoms with E-state index in [-0.39, 0.29) is 0 Å². The van der Waals surface area contributed by atoms with Gasteiger partial charge in [-0.15, -0.1) is 21.1 Å². The van der Waals surface area contributed by atoms with Gasteiger partial charge in [0, 0.05) is 10.1 Å². The van der Waals surface area contributed by atoms with Crippen LogP contribution >= 0.6 is 11.3 Å². The van der Waals surface area contributed by atoms with E-state index in [2.05, 4.69) is 10.3 Å². The summed E-state index contributed by atoms with van der Waals surface area (Å²) in [6.07, 6.45) is -0.487. The van der Waals surface area contributed by atoms with E-state index in [0.717, 1.165) is 20.4 Å². The Hall–Kier alpha value is -1.95. The first-order valence-electron chi connectivity index (χ1n) is 5.21. The molecule has 17 heavy (non-hydrogen) atoms. The molecule has 0 atom stereocenters. The Morgan fingerprint density at radius 1 is 1.47 bits per heavy atom. The lowest BCUT2D eigenvalue weighted by Crippen LogP contribution is -2.14. The summed E-state index contributed by atoms with van der Waals surface area (Å²) >= 11 is 1.52. The van der Waals surface area contributed by atoms with Crippen LogP contribution in [0.2, 0.25) is 0 Å². The number of aromatic nitrogens is 3. The molecule has 0 amide bonds. The summed E-state index contributed by atoms with van der Waals surface area (Å²) in [7, 11) is 0. The highest BCUT2D eigenvalue weighted by molar-refractivity contribution is 7.25. The molecule has 0 bridgehead atoms. The zero-order valence-electron chi connectivity index (χ0n) is 9.08. The Morgan fingerprint density at radius 3 is 3.12 bits per heavy atom. The van der Waals surface area contributed by atoms with Crippen molar-refractivity contribution in [1.29, 1.82) is 0 Å². The van der Waals surface area contributed by atoms with E-state index < -0.39 is 6.09 Å². The number of ether oxygens (including phenoxy) is 1. The molecule has 2 heterocycles. The fourth-order valence-corrected chi connectivity index (χ4v) is 2.73. The van der Waals surface area contributed by atoms with Gasteiger partial charge in [0.25, 0.3) is 0 Å². The molecule has 0 aliphatic carbocycles. The average molecular weight is 247 g/mol. The molecule has 0 radical (unpaired) electrons. The Kier molecular flexibility index (Phi) is 2.29. The standard InChI is InChI=1S/C11H9N3O2S/c1-2-16-11(15)14-9-7-5-3-4-6-8(7)17-10(9)12-13-14/h3-6H,2H2,1H3. The van der Waals surface area contributed by atoms with Gasteiger partial charge in [-0.25, -0.2) is 4.79 Å². The van der Waals surface area contributed by atoms with Crippen molar-refractivity contribution >= 4 is 37.9 Å². The van der Waals surface area contributed by atoms with Gasteiger partial charge in [0.1, 0.15) is 5.52 Å². The van der Waals surface area contributed by atoms with Crippen molar-refractivity contribution in [2.75, 3.05) is 6.61 Å². The molecule has 6 heteroatoms. The lowest BCUT2D eigenvalue weighted by Gasteiger charge is -2.00. The third-order valence-electron chi connectivity index (χ3n) is 2.43. The Morgan fingerprint density at radius 2 is 2.29 bits per heavy atom. The lowest BCUT2D eigenvalue weighted by atomic mass is 10.2. The average Bonchev–Trinajstić information content (AvgIpc) is 2.87. The smallest absolute Gasteiger partial charge is 0.436 e. The predicted molar refractivity (Wildman–Crippen MR) is 65.3 cm³/mol. The van der Waals surface area contributed by atoms with E-state index in [1.165, 1.54) is 16.0 Å². The molecule has 0 aliphatic heterocycles. The minimum absolute atomic E-state index is 0.322. The normalized spacial score (nSPS) is 11.1. The van der Waals surface area contributed by atoms with E-state index in [1.807, 2.05) is 24.3 Å². The van der Waals surface area contributed by atoms with Crippen LogP contribution in [0.4, 0.5) is 4.79 Å². The van der Waals surface area contributed by atoms with E-state index in [4.69, 9.17) is 4.74 Å². The molecule has 1 aromatic carbocycles. The second kappa shape index (κ2) is 3.81. The van der Waals surface area contributed by atoms with Crippen LogP contribution in [0.15, 0.2) is 24.3 Å². The largest absolute Gasteiger partial charge is 0.448 e. The minimum atomic E-state index is -0.487. The van der Waals surface area contributed by atoms with Crippen molar-refractivity contribution < 1.29 is 9.53 Å². The maximum absolute atomic E-state index is 11.7. The molecular formula is C11H9N3O2S. The monoisotopic (exact) mass is 247 g/mol. The topological polar surface area (TPSA) is 57.0 Å². The molecular weight excluding hydrogens is 238 g/mol. The molecule has 5 nitrogen and oxygen atoms in total. The molecule has 0 saturated carbocycles. The number of fused-ring (bicyclic) bond motifs is 3. The maximum Gasteiger partial charge on any atom is 0.436 e. The first-order chi connectivity index (χ1) is 8.31. The quantitative estimate of drug-likeness (QED) is 0.663. The summed E-state index contributed by atoms with van der Waals surface area (Å²) in [4.78, 5) is 12.5. The van der Waals surface area contributed by atoms with Crippen molar-refractivity contribution in [2.45, 2.75) is 6.92 Å². The van der Waals surface area contributed by atoms with Gasteiger partial charge in [-0.05, 0) is 13.0 Å². The molecule has 3 rings (SSSR count). The second-order valence-electron chi connectivity index (χ2n) is 3.45. The summed E-state index contributed by atoms with van der Waals surface area (Å²) < 4.78 is 7.25. The minimum Gasteiger partial charge on any atom is -0.448 e. The molecule has 0 N–H and O–H groups in total. The Balaban J connectivity index is 2.29. The number of rotatable bonds is 1. The summed E-state index contributed by atoms with van der Waals surface area (Å²) in [6.45, 7) is 2.08. The highest BCUT2D eigenvalue weighted by Crippen LogP contribution is 2.31. The van der Waals surface area contributed by atoms with Crippen molar-refractivity contribution in [2.24, 2.45) is 0 Å². The van der Waals surface area contributed by atoms with Gasteiger partial charge in [-0.3, -0.25) is 0 Å². The van der Waals surface area contributed by atoms with Crippen LogP contribution in [0.1, 0.15) is 6.92 Å². The fourth-order valence-electron chi connectivity index (χ4n) is 1.73. The first kappa shape index (κ1) is 10.2. The maximum atomic E-state index is 11.7. The zero-order chi connectivity index (χ0) is 11.8. The third kappa shape index (κ3) is 1.49. The molecule has 0 aliphatic rings. The van der Waals surface area contributed by atoms with E-state index in [1.54, 1.807) is 6.92 Å².